The largest absolute Gasteiger partial charge is 0.495 e. The molecule has 1 N–H and O–H groups in total. The lowest BCUT2D eigenvalue weighted by Gasteiger charge is -2.19. The summed E-state index contributed by atoms with van der Waals surface area (Å²) in [6.45, 7) is 0. The lowest BCUT2D eigenvalue weighted by molar-refractivity contribution is 0.103. The Morgan fingerprint density at radius 2 is 1.75 bits per heavy atom. The van der Waals surface area contributed by atoms with Gasteiger partial charge in [-0.3, -0.25) is 9.10 Å². The van der Waals surface area contributed by atoms with E-state index in [9.17, 15) is 13.2 Å². The Hall–Kier alpha value is -3.07. The standard InChI is InChI=1S/C23H19ClN2O4S2/c1-26(32(28,29)18-10-7-16(24)8-11-18)17-9-12-21-15(13-17)14-22(31-21)23(27)25-19-5-3-4-6-20(19)30-2/h3-14H,1-2H3,(H,25,27). The van der Waals surface area contributed by atoms with Crippen molar-refractivity contribution in [2.24, 2.45) is 0 Å². The van der Waals surface area contributed by atoms with Gasteiger partial charge in [0.1, 0.15) is 5.75 Å². The van der Waals surface area contributed by atoms with Gasteiger partial charge in [-0.25, -0.2) is 8.42 Å². The number of carbonyl (C=O) groups is 1. The van der Waals surface area contributed by atoms with Crippen LogP contribution in [0.25, 0.3) is 10.1 Å². The van der Waals surface area contributed by atoms with Gasteiger partial charge >= 0.3 is 0 Å². The first-order chi connectivity index (χ1) is 15.3. The molecule has 0 saturated heterocycles. The summed E-state index contributed by atoms with van der Waals surface area (Å²) in [4.78, 5) is 13.4. The van der Waals surface area contributed by atoms with E-state index in [1.807, 2.05) is 18.2 Å². The van der Waals surface area contributed by atoms with Crippen LogP contribution in [-0.2, 0) is 10.0 Å². The van der Waals surface area contributed by atoms with Gasteiger partial charge in [-0.05, 0) is 66.0 Å². The number of fused-ring (bicyclic) bond motifs is 1. The molecule has 3 aromatic carbocycles. The summed E-state index contributed by atoms with van der Waals surface area (Å²) in [5.74, 6) is 0.303. The third-order valence-electron chi connectivity index (χ3n) is 4.91. The first-order valence-electron chi connectivity index (χ1n) is 9.52. The van der Waals surface area contributed by atoms with Crippen LogP contribution in [0.1, 0.15) is 9.67 Å². The topological polar surface area (TPSA) is 75.7 Å². The zero-order chi connectivity index (χ0) is 22.9. The van der Waals surface area contributed by atoms with Gasteiger partial charge in [0, 0.05) is 16.8 Å². The van der Waals surface area contributed by atoms with Crippen molar-refractivity contribution in [3.05, 3.63) is 82.7 Å². The van der Waals surface area contributed by atoms with Gasteiger partial charge in [-0.1, -0.05) is 23.7 Å². The Balaban J connectivity index is 1.61. The number of nitrogens with zero attached hydrogens (tertiary/aromatic N) is 1. The normalized spacial score (nSPS) is 11.3. The van der Waals surface area contributed by atoms with Crippen molar-refractivity contribution >= 4 is 60.3 Å². The first kappa shape index (κ1) is 22.1. The molecule has 0 bridgehead atoms. The number of para-hydroxylation sites is 2. The van der Waals surface area contributed by atoms with Gasteiger partial charge in [-0.15, -0.1) is 11.3 Å². The average molecular weight is 487 g/mol. The van der Waals surface area contributed by atoms with Gasteiger partial charge in [0.05, 0.1) is 28.3 Å². The highest BCUT2D eigenvalue weighted by atomic mass is 35.5. The van der Waals surface area contributed by atoms with E-state index in [4.69, 9.17) is 16.3 Å². The molecule has 0 aliphatic heterocycles. The van der Waals surface area contributed by atoms with Crippen LogP contribution >= 0.6 is 22.9 Å². The third kappa shape index (κ3) is 4.29. The second kappa shape index (κ2) is 8.82. The molecule has 32 heavy (non-hydrogen) atoms. The molecule has 0 aliphatic rings. The number of hydrogen-bond donors (Lipinski definition) is 1. The lowest BCUT2D eigenvalue weighted by Crippen LogP contribution is -2.26. The van der Waals surface area contributed by atoms with Crippen molar-refractivity contribution in [3.63, 3.8) is 0 Å². The van der Waals surface area contributed by atoms with E-state index in [1.165, 1.54) is 47.0 Å². The van der Waals surface area contributed by atoms with Gasteiger partial charge in [0.2, 0.25) is 0 Å². The molecule has 0 unspecified atom stereocenters. The number of methoxy groups -OCH3 is 1. The lowest BCUT2D eigenvalue weighted by atomic mass is 10.2. The molecule has 9 heteroatoms. The predicted molar refractivity (Wildman–Crippen MR) is 130 cm³/mol. The van der Waals surface area contributed by atoms with E-state index < -0.39 is 10.0 Å². The number of thiophene rings is 1. The average Bonchev–Trinajstić information content (AvgIpc) is 3.23. The molecule has 0 radical (unpaired) electrons. The van der Waals surface area contributed by atoms with Crippen LogP contribution in [0.3, 0.4) is 0 Å². The van der Waals surface area contributed by atoms with Crippen LogP contribution in [-0.4, -0.2) is 28.5 Å². The summed E-state index contributed by atoms with van der Waals surface area (Å²) < 4.78 is 33.3. The Morgan fingerprint density at radius 1 is 1.03 bits per heavy atom. The molecule has 1 heterocycles. The van der Waals surface area contributed by atoms with Crippen LogP contribution in [0, 0.1) is 0 Å². The van der Waals surface area contributed by atoms with Gasteiger partial charge < -0.3 is 10.1 Å². The van der Waals surface area contributed by atoms with Gasteiger partial charge in [0.15, 0.2) is 0 Å². The number of amides is 1. The second-order valence-corrected chi connectivity index (χ2v) is 10.4. The van der Waals surface area contributed by atoms with E-state index in [2.05, 4.69) is 5.32 Å². The maximum absolute atomic E-state index is 13.0. The maximum atomic E-state index is 13.0. The zero-order valence-corrected chi connectivity index (χ0v) is 19.6. The summed E-state index contributed by atoms with van der Waals surface area (Å²) >= 11 is 7.20. The number of nitrogens with one attached hydrogen (secondary N) is 1. The van der Waals surface area contributed by atoms with Crippen molar-refractivity contribution in [1.82, 2.24) is 0 Å². The van der Waals surface area contributed by atoms with E-state index in [-0.39, 0.29) is 10.8 Å². The van der Waals surface area contributed by atoms with Gasteiger partial charge in [-0.2, -0.15) is 0 Å². The molecule has 1 amide bonds. The molecule has 4 rings (SSSR count). The molecule has 0 spiro atoms. The molecule has 164 valence electrons. The second-order valence-electron chi connectivity index (χ2n) is 6.91. The number of halogens is 1. The van der Waals surface area contributed by atoms with Crippen molar-refractivity contribution in [2.75, 3.05) is 23.8 Å². The molecule has 0 atom stereocenters. The molecular weight excluding hydrogens is 468 g/mol. The molecule has 0 saturated carbocycles. The highest BCUT2D eigenvalue weighted by molar-refractivity contribution is 7.92. The minimum Gasteiger partial charge on any atom is -0.495 e. The summed E-state index contributed by atoms with van der Waals surface area (Å²) in [5, 5.41) is 4.09. The summed E-state index contributed by atoms with van der Waals surface area (Å²) in [6, 6.07) is 20.2. The number of sulfonamides is 1. The van der Waals surface area contributed by atoms with Crippen LogP contribution in [0.5, 0.6) is 5.75 Å². The molecule has 1 aromatic heterocycles. The Kier molecular flexibility index (Phi) is 6.10. The fourth-order valence-electron chi connectivity index (χ4n) is 3.17. The summed E-state index contributed by atoms with van der Waals surface area (Å²) in [7, 11) is -0.715. The molecule has 6 nitrogen and oxygen atoms in total. The van der Waals surface area contributed by atoms with E-state index in [0.29, 0.717) is 27.0 Å². The van der Waals surface area contributed by atoms with Crippen molar-refractivity contribution in [3.8, 4) is 5.75 Å². The number of carbonyl (C=O) groups excluding carboxylic acids is 1. The number of benzene rings is 3. The fraction of sp³-hybridized carbons (Fsp3) is 0.0870. The zero-order valence-electron chi connectivity index (χ0n) is 17.2. The van der Waals surface area contributed by atoms with E-state index >= 15 is 0 Å². The van der Waals surface area contributed by atoms with E-state index in [1.54, 1.807) is 37.4 Å². The van der Waals surface area contributed by atoms with Crippen LogP contribution in [0.4, 0.5) is 11.4 Å². The molecule has 4 aromatic rings. The summed E-state index contributed by atoms with van der Waals surface area (Å²) in [6.07, 6.45) is 0. The predicted octanol–water partition coefficient (Wildman–Crippen LogP) is 5.64. The number of anilines is 2. The van der Waals surface area contributed by atoms with Crippen LogP contribution < -0.4 is 14.4 Å². The highest BCUT2D eigenvalue weighted by Gasteiger charge is 2.22. The fourth-order valence-corrected chi connectivity index (χ4v) is 5.43. The minimum atomic E-state index is -3.75. The molecular formula is C23H19ClN2O4S2. The third-order valence-corrected chi connectivity index (χ3v) is 8.08. The monoisotopic (exact) mass is 486 g/mol. The minimum absolute atomic E-state index is 0.145. The highest BCUT2D eigenvalue weighted by Crippen LogP contribution is 2.32. The van der Waals surface area contributed by atoms with Crippen molar-refractivity contribution in [2.45, 2.75) is 4.90 Å². The maximum Gasteiger partial charge on any atom is 0.265 e. The van der Waals surface area contributed by atoms with Crippen LogP contribution in [0.15, 0.2) is 77.7 Å². The van der Waals surface area contributed by atoms with Crippen LogP contribution in [0.2, 0.25) is 5.02 Å². The van der Waals surface area contributed by atoms with Crippen molar-refractivity contribution < 1.29 is 17.9 Å². The van der Waals surface area contributed by atoms with Crippen molar-refractivity contribution in [1.29, 1.82) is 0 Å². The smallest absolute Gasteiger partial charge is 0.265 e. The number of rotatable bonds is 6. The quantitative estimate of drug-likeness (QED) is 0.382. The first-order valence-corrected chi connectivity index (χ1v) is 12.2. The number of hydrogen-bond acceptors (Lipinski definition) is 5. The van der Waals surface area contributed by atoms with Gasteiger partial charge in [0.25, 0.3) is 15.9 Å². The Bertz CT molecular complexity index is 1400. The molecule has 0 aliphatic carbocycles. The molecule has 0 fully saturated rings. The Morgan fingerprint density at radius 3 is 2.47 bits per heavy atom. The number of ether oxygens (including phenoxy) is 1. The Labute approximate surface area is 195 Å². The van der Waals surface area contributed by atoms with E-state index in [0.717, 1.165) is 10.1 Å². The summed E-state index contributed by atoms with van der Waals surface area (Å²) in [5.41, 5.74) is 1.06. The SMILES string of the molecule is COc1ccccc1NC(=O)c1cc2cc(N(C)S(=O)(=O)c3ccc(Cl)cc3)ccc2s1.